The average Bonchev–Trinajstić information content (AvgIpc) is 1.04. The van der Waals surface area contributed by atoms with Gasteiger partial charge in [0.2, 0.25) is 0 Å². The Bertz CT molecular complexity index is 874. The molecule has 0 atom stereocenters. The molecule has 0 aliphatic rings. The van der Waals surface area contributed by atoms with Gasteiger partial charge in [-0.25, -0.2) is 0 Å². The zero-order valence-corrected chi connectivity index (χ0v) is 11.4. The van der Waals surface area contributed by atoms with Crippen LogP contribution in [0.25, 0.3) is 0 Å². The van der Waals surface area contributed by atoms with Gasteiger partial charge in [0.15, 0.2) is 0 Å². The SMILES string of the molecule is [O]=[Ta](=[O])(=[O])(=[O])(=[O])[Ta](=[O])(=[O])(=[O])(=[O])=[O]. The molecule has 0 bridgehead atoms. The predicted molar refractivity (Wildman–Crippen MR) is 6.86 cm³/mol. The minimum absolute atomic E-state index is 9.43. The fraction of sp³-hybridized carbons (Fsp3) is 0. The van der Waals surface area contributed by atoms with Crippen LogP contribution in [0.15, 0.2) is 0 Å². The molecule has 0 radical (unpaired) electrons. The summed E-state index contributed by atoms with van der Waals surface area (Å²) in [6.07, 6.45) is 0. The first-order valence-corrected chi connectivity index (χ1v) is 28.3. The van der Waals surface area contributed by atoms with E-state index in [-0.39, 0.29) is 0 Å². The van der Waals surface area contributed by atoms with Crippen LogP contribution in [0.2, 0.25) is 0 Å². The van der Waals surface area contributed by atoms with E-state index < -0.39 is 21.9 Å². The molecule has 0 aliphatic heterocycles. The third kappa shape index (κ3) is 1.14. The van der Waals surface area contributed by atoms with Crippen molar-refractivity contribution in [3.8, 4) is 0 Å². The topological polar surface area (TPSA) is 171 Å². The summed E-state index contributed by atoms with van der Waals surface area (Å²) in [5.74, 6) is 0. The number of hydrogen-bond donors (Lipinski definition) is 0. The van der Waals surface area contributed by atoms with Crippen molar-refractivity contribution in [3.63, 3.8) is 0 Å². The maximum absolute atomic E-state index is 11.9. The molecule has 10 nitrogen and oxygen atoms in total. The van der Waals surface area contributed by atoms with Crippen molar-refractivity contribution in [1.82, 2.24) is 0 Å². The molecule has 0 N–H and O–H groups in total. The van der Waals surface area contributed by atoms with Crippen molar-refractivity contribution in [2.75, 3.05) is 0 Å². The molecule has 12 heavy (non-hydrogen) atoms. The van der Waals surface area contributed by atoms with Crippen molar-refractivity contribution >= 4 is 0 Å². The van der Waals surface area contributed by atoms with Gasteiger partial charge in [-0.15, -0.1) is 0 Å². The first-order valence-electron chi connectivity index (χ1n) is 2.03. The Morgan fingerprint density at radius 3 is 0.417 bits per heavy atom. The van der Waals surface area contributed by atoms with Crippen molar-refractivity contribution in [3.05, 3.63) is 0 Å². The maximum atomic E-state index is 9.43. The van der Waals surface area contributed by atoms with E-state index in [0.29, 0.717) is 0 Å². The Labute approximate surface area is 54.3 Å². The molecule has 0 aliphatic carbocycles. The van der Waals surface area contributed by atoms with Gasteiger partial charge in [-0.3, -0.25) is 0 Å². The second kappa shape index (κ2) is 1.08. The first kappa shape index (κ1) is 11.5. The Hall–Kier alpha value is -0.519. The summed E-state index contributed by atoms with van der Waals surface area (Å²) in [6.45, 7) is 0. The van der Waals surface area contributed by atoms with Gasteiger partial charge in [0.05, 0.1) is 0 Å². The minimum atomic E-state index is -11.9. The summed E-state index contributed by atoms with van der Waals surface area (Å²) in [7, 11) is -23.8. The van der Waals surface area contributed by atoms with Crippen LogP contribution in [0.1, 0.15) is 0 Å². The van der Waals surface area contributed by atoms with Crippen molar-refractivity contribution in [1.29, 1.82) is 0 Å². The predicted octanol–water partition coefficient (Wildman–Crippen LogP) is -1.19. The molecule has 0 spiro atoms. The van der Waals surface area contributed by atoms with E-state index >= 15 is 0 Å². The van der Waals surface area contributed by atoms with E-state index in [1.54, 1.807) is 0 Å². The standard InChI is InChI=1S/10O.2Ta. The van der Waals surface area contributed by atoms with Crippen LogP contribution >= 0.6 is 0 Å². The second-order valence-corrected chi connectivity index (χ2v) is 66.9. The Kier molecular flexibility index (Phi) is 1.04. The van der Waals surface area contributed by atoms with E-state index in [1.165, 1.54) is 0 Å². The van der Waals surface area contributed by atoms with E-state index in [2.05, 4.69) is 0 Å². The van der Waals surface area contributed by atoms with E-state index in [0.717, 1.165) is 0 Å². The monoisotopic (exact) mass is 522 g/mol. The van der Waals surface area contributed by atoms with Crippen LogP contribution in [-0.4, -0.2) is 0 Å². The molecule has 0 aromatic rings. The molecule has 0 saturated heterocycles. The van der Waals surface area contributed by atoms with Crippen molar-refractivity contribution in [2.24, 2.45) is 0 Å². The molecule has 0 amide bonds. The average molecular weight is 522 g/mol. The molecule has 0 saturated carbocycles. The third-order valence-electron chi connectivity index (χ3n) is 0.833. The summed E-state index contributed by atoms with van der Waals surface area (Å²) >= 11 is 0. The summed E-state index contributed by atoms with van der Waals surface area (Å²) in [4.78, 5) is 0. The Balaban J connectivity index is 9.29. The van der Waals surface area contributed by atoms with Crippen molar-refractivity contribution in [2.45, 2.75) is 0 Å². The van der Waals surface area contributed by atoms with Crippen LogP contribution in [0, 0.1) is 0 Å². The third-order valence-corrected chi connectivity index (χ3v) is 55.8. The summed E-state index contributed by atoms with van der Waals surface area (Å²) in [5.41, 5.74) is 0. The summed E-state index contributed by atoms with van der Waals surface area (Å²) in [6, 6.07) is 0. The molecule has 0 heterocycles. The molecule has 0 unspecified atom stereocenters. The van der Waals surface area contributed by atoms with Gasteiger partial charge in [-0.1, -0.05) is 0 Å². The Morgan fingerprint density at radius 2 is 0.417 bits per heavy atom. The van der Waals surface area contributed by atoms with Crippen LogP contribution in [0.3, 0.4) is 0 Å². The fourth-order valence-corrected chi connectivity index (χ4v) is 0. The molecule has 70 valence electrons. The molecule has 0 aromatic carbocycles. The number of hydrogen-bond acceptors (Lipinski definition) is 10. The molecule has 0 aromatic heterocycles. The quantitative estimate of drug-likeness (QED) is 0.408. The molecular formula is O10Ta2. The fourth-order valence-electron chi connectivity index (χ4n) is 0. The van der Waals surface area contributed by atoms with Crippen LogP contribution < -0.4 is 0 Å². The van der Waals surface area contributed by atoms with E-state index in [4.69, 9.17) is 0 Å². The van der Waals surface area contributed by atoms with Crippen LogP contribution in [0.5, 0.6) is 0 Å². The molecule has 0 rings (SSSR count). The van der Waals surface area contributed by atoms with Gasteiger partial charge in [0.25, 0.3) is 0 Å². The van der Waals surface area contributed by atoms with Crippen LogP contribution in [-0.2, 0) is 54.4 Å². The van der Waals surface area contributed by atoms with Gasteiger partial charge >= 0.3 is 54.4 Å². The zero-order chi connectivity index (χ0) is 10.8. The molecule has 12 heteroatoms. The second-order valence-electron chi connectivity index (χ2n) is 2.31. The zero-order valence-electron chi connectivity index (χ0n) is 4.98. The van der Waals surface area contributed by atoms with Gasteiger partial charge in [-0.2, -0.15) is 0 Å². The molecular weight excluding hydrogens is 522 g/mol. The summed E-state index contributed by atoms with van der Waals surface area (Å²) in [5, 5.41) is 0. The van der Waals surface area contributed by atoms with Crippen molar-refractivity contribution < 1.29 is 54.4 Å². The van der Waals surface area contributed by atoms with Gasteiger partial charge < -0.3 is 0 Å². The first-order chi connectivity index (χ1) is 4.25. The van der Waals surface area contributed by atoms with E-state index in [1.807, 2.05) is 0 Å². The molecule has 0 fully saturated rings. The van der Waals surface area contributed by atoms with Gasteiger partial charge in [0.1, 0.15) is 0 Å². The number of rotatable bonds is 1. The van der Waals surface area contributed by atoms with Crippen LogP contribution in [0.4, 0.5) is 0 Å². The van der Waals surface area contributed by atoms with Gasteiger partial charge in [-0.05, 0) is 0 Å². The normalized spacial score (nSPS) is 13.7. The van der Waals surface area contributed by atoms with E-state index in [9.17, 15) is 32.5 Å². The summed E-state index contributed by atoms with van der Waals surface area (Å²) < 4.78 is 94.3. The Morgan fingerprint density at radius 1 is 0.333 bits per heavy atom. The van der Waals surface area contributed by atoms with Gasteiger partial charge in [0, 0.05) is 0 Å².